The number of aromatic hydroxyl groups is 1. The number of ether oxygens (including phenoxy) is 2. The Morgan fingerprint density at radius 3 is 2.79 bits per heavy atom. The standard InChI is InChI=1S/C17H13Cl2NO4/c1-3-6-23-17(22)10(2)24-12-4-5-13(15(21)8-12)16-14(19)7-11(18)9-20-16/h1,4-5,7-10,21H,6H2,2H3. The number of rotatable bonds is 5. The molecule has 2 aromatic rings. The number of carbonyl (C=O) groups excluding carboxylic acids is 1. The van der Waals surface area contributed by atoms with Crippen LogP contribution in [0.3, 0.4) is 0 Å². The fourth-order valence-corrected chi connectivity index (χ4v) is 2.36. The van der Waals surface area contributed by atoms with Gasteiger partial charge in [-0.15, -0.1) is 6.42 Å². The molecule has 7 heteroatoms. The van der Waals surface area contributed by atoms with Crippen LogP contribution in [0.25, 0.3) is 11.3 Å². The Bertz CT molecular complexity index is 802. The van der Waals surface area contributed by atoms with Gasteiger partial charge in [0.1, 0.15) is 11.5 Å². The number of carbonyl (C=O) groups is 1. The fourth-order valence-electron chi connectivity index (χ4n) is 1.88. The number of phenolic OH excluding ortho intramolecular Hbond substituents is 1. The molecule has 1 aromatic heterocycles. The highest BCUT2D eigenvalue weighted by molar-refractivity contribution is 6.36. The number of phenols is 1. The molecule has 0 fully saturated rings. The number of benzene rings is 1. The van der Waals surface area contributed by atoms with E-state index in [9.17, 15) is 9.90 Å². The van der Waals surface area contributed by atoms with Crippen molar-refractivity contribution in [1.82, 2.24) is 4.98 Å². The SMILES string of the molecule is C#CCOC(=O)C(C)Oc1ccc(-c2ncc(Cl)cc2Cl)c(O)c1. The molecule has 24 heavy (non-hydrogen) atoms. The summed E-state index contributed by atoms with van der Waals surface area (Å²) in [4.78, 5) is 15.7. The van der Waals surface area contributed by atoms with Gasteiger partial charge in [-0.3, -0.25) is 4.98 Å². The van der Waals surface area contributed by atoms with Crippen molar-refractivity contribution in [2.45, 2.75) is 13.0 Å². The number of hydrogen-bond acceptors (Lipinski definition) is 5. The van der Waals surface area contributed by atoms with Crippen LogP contribution in [0, 0.1) is 12.3 Å². The third-order valence-electron chi connectivity index (χ3n) is 2.97. The Balaban J connectivity index is 2.18. The summed E-state index contributed by atoms with van der Waals surface area (Å²) in [5.41, 5.74) is 0.790. The second-order valence-corrected chi connectivity index (χ2v) is 5.58. The van der Waals surface area contributed by atoms with Crippen LogP contribution >= 0.6 is 23.2 Å². The Morgan fingerprint density at radius 2 is 2.17 bits per heavy atom. The lowest BCUT2D eigenvalue weighted by atomic mass is 10.1. The molecule has 0 spiro atoms. The van der Waals surface area contributed by atoms with Crippen molar-refractivity contribution in [2.24, 2.45) is 0 Å². The van der Waals surface area contributed by atoms with E-state index >= 15 is 0 Å². The third kappa shape index (κ3) is 4.31. The lowest BCUT2D eigenvalue weighted by molar-refractivity contribution is -0.149. The van der Waals surface area contributed by atoms with Crippen LogP contribution in [0.2, 0.25) is 10.0 Å². The van der Waals surface area contributed by atoms with Gasteiger partial charge in [-0.1, -0.05) is 29.1 Å². The normalized spacial score (nSPS) is 11.4. The summed E-state index contributed by atoms with van der Waals surface area (Å²) in [6, 6.07) is 6.03. The van der Waals surface area contributed by atoms with E-state index in [0.717, 1.165) is 0 Å². The summed E-state index contributed by atoms with van der Waals surface area (Å²) in [5, 5.41) is 10.9. The minimum atomic E-state index is -0.874. The molecule has 0 amide bonds. The number of esters is 1. The van der Waals surface area contributed by atoms with Gasteiger partial charge >= 0.3 is 5.97 Å². The van der Waals surface area contributed by atoms with Crippen LogP contribution in [0.1, 0.15) is 6.92 Å². The average molecular weight is 366 g/mol. The second-order valence-electron chi connectivity index (χ2n) is 4.73. The first kappa shape index (κ1) is 17.9. The van der Waals surface area contributed by atoms with Crippen molar-refractivity contribution in [3.8, 4) is 35.1 Å². The number of aromatic nitrogens is 1. The van der Waals surface area contributed by atoms with Gasteiger partial charge in [0.25, 0.3) is 0 Å². The largest absolute Gasteiger partial charge is 0.507 e. The van der Waals surface area contributed by atoms with Crippen LogP contribution in [0.4, 0.5) is 0 Å². The fraction of sp³-hybridized carbons (Fsp3) is 0.176. The average Bonchev–Trinajstić information content (AvgIpc) is 2.53. The van der Waals surface area contributed by atoms with E-state index in [4.69, 9.17) is 39.1 Å². The van der Waals surface area contributed by atoms with Gasteiger partial charge in [-0.05, 0) is 25.1 Å². The third-order valence-corrected chi connectivity index (χ3v) is 3.47. The Morgan fingerprint density at radius 1 is 1.42 bits per heavy atom. The van der Waals surface area contributed by atoms with Crippen molar-refractivity contribution in [2.75, 3.05) is 6.61 Å². The molecule has 5 nitrogen and oxygen atoms in total. The molecule has 0 radical (unpaired) electrons. The molecule has 0 saturated heterocycles. The molecule has 0 aliphatic rings. The molecule has 0 aliphatic carbocycles. The minimum Gasteiger partial charge on any atom is -0.507 e. The van der Waals surface area contributed by atoms with E-state index < -0.39 is 12.1 Å². The highest BCUT2D eigenvalue weighted by Gasteiger charge is 2.17. The quantitative estimate of drug-likeness (QED) is 0.646. The summed E-state index contributed by atoms with van der Waals surface area (Å²) in [6.45, 7) is 1.39. The molecule has 1 unspecified atom stereocenters. The molecule has 124 valence electrons. The molecule has 1 N–H and O–H groups in total. The van der Waals surface area contributed by atoms with E-state index in [0.29, 0.717) is 21.3 Å². The zero-order valence-electron chi connectivity index (χ0n) is 12.6. The van der Waals surface area contributed by atoms with Crippen molar-refractivity contribution >= 4 is 29.2 Å². The van der Waals surface area contributed by atoms with Crippen molar-refractivity contribution in [3.05, 3.63) is 40.5 Å². The molecule has 0 saturated carbocycles. The number of pyridine rings is 1. The van der Waals surface area contributed by atoms with Gasteiger partial charge in [0.05, 0.1) is 15.7 Å². The maximum atomic E-state index is 11.6. The first-order valence-electron chi connectivity index (χ1n) is 6.83. The van der Waals surface area contributed by atoms with E-state index in [1.165, 1.54) is 25.3 Å². The van der Waals surface area contributed by atoms with Gasteiger partial charge in [0.2, 0.25) is 0 Å². The van der Waals surface area contributed by atoms with Crippen molar-refractivity contribution < 1.29 is 19.4 Å². The van der Waals surface area contributed by atoms with Crippen molar-refractivity contribution in [1.29, 1.82) is 0 Å². The van der Waals surface area contributed by atoms with E-state index in [2.05, 4.69) is 10.9 Å². The Labute approximate surface area is 149 Å². The smallest absolute Gasteiger partial charge is 0.347 e. The van der Waals surface area contributed by atoms with Gasteiger partial charge in [-0.25, -0.2) is 4.79 Å². The molecule has 1 atom stereocenters. The minimum absolute atomic E-state index is 0.103. The first-order valence-corrected chi connectivity index (χ1v) is 7.59. The number of hydrogen-bond donors (Lipinski definition) is 1. The number of nitrogens with zero attached hydrogens (tertiary/aromatic N) is 1. The maximum absolute atomic E-state index is 11.6. The highest BCUT2D eigenvalue weighted by atomic mass is 35.5. The highest BCUT2D eigenvalue weighted by Crippen LogP contribution is 2.36. The van der Waals surface area contributed by atoms with Crippen LogP contribution in [-0.4, -0.2) is 28.8 Å². The van der Waals surface area contributed by atoms with Gasteiger partial charge in [0, 0.05) is 17.8 Å². The van der Waals surface area contributed by atoms with E-state index in [1.807, 2.05) is 0 Å². The van der Waals surface area contributed by atoms with Crippen molar-refractivity contribution in [3.63, 3.8) is 0 Å². The monoisotopic (exact) mass is 365 g/mol. The summed E-state index contributed by atoms with van der Waals surface area (Å²) in [6.07, 6.45) is 5.57. The Hall–Kier alpha value is -2.42. The van der Waals surface area contributed by atoms with Crippen LogP contribution < -0.4 is 4.74 Å². The zero-order chi connectivity index (χ0) is 17.7. The molecule has 0 aliphatic heterocycles. The summed E-state index contributed by atoms with van der Waals surface area (Å²) >= 11 is 11.9. The zero-order valence-corrected chi connectivity index (χ0v) is 14.1. The topological polar surface area (TPSA) is 68.7 Å². The molecule has 0 bridgehead atoms. The Kier molecular flexibility index (Phi) is 5.91. The summed E-state index contributed by atoms with van der Waals surface area (Å²) < 4.78 is 10.2. The maximum Gasteiger partial charge on any atom is 0.347 e. The molecular formula is C17H13Cl2NO4. The molecule has 2 rings (SSSR count). The summed E-state index contributed by atoms with van der Waals surface area (Å²) in [5.74, 6) is 1.78. The molecule has 1 aromatic carbocycles. The predicted molar refractivity (Wildman–Crippen MR) is 91.2 cm³/mol. The predicted octanol–water partition coefficient (Wildman–Crippen LogP) is 3.70. The number of halogens is 2. The second kappa shape index (κ2) is 7.91. The van der Waals surface area contributed by atoms with Gasteiger partial charge in [-0.2, -0.15) is 0 Å². The lowest BCUT2D eigenvalue weighted by Crippen LogP contribution is -2.26. The van der Waals surface area contributed by atoms with Gasteiger partial charge in [0.15, 0.2) is 12.7 Å². The van der Waals surface area contributed by atoms with E-state index in [-0.39, 0.29) is 18.1 Å². The number of terminal acetylenes is 1. The summed E-state index contributed by atoms with van der Waals surface area (Å²) in [7, 11) is 0. The van der Waals surface area contributed by atoms with Crippen LogP contribution in [0.15, 0.2) is 30.5 Å². The molecular weight excluding hydrogens is 353 g/mol. The van der Waals surface area contributed by atoms with Crippen LogP contribution in [0.5, 0.6) is 11.5 Å². The van der Waals surface area contributed by atoms with E-state index in [1.54, 1.807) is 12.1 Å². The lowest BCUT2D eigenvalue weighted by Gasteiger charge is -2.14. The first-order chi connectivity index (χ1) is 11.4. The molecule has 1 heterocycles. The van der Waals surface area contributed by atoms with Crippen LogP contribution in [-0.2, 0) is 9.53 Å². The van der Waals surface area contributed by atoms with Gasteiger partial charge < -0.3 is 14.6 Å².